The van der Waals surface area contributed by atoms with Crippen LogP contribution in [0.25, 0.3) is 11.4 Å². The van der Waals surface area contributed by atoms with E-state index < -0.39 is 0 Å². The van der Waals surface area contributed by atoms with Crippen LogP contribution in [0.5, 0.6) is 0 Å². The largest absolute Gasteiger partial charge is 0.366 e. The first-order valence-electron chi connectivity index (χ1n) is 3.80. The number of hydrogen-bond acceptors (Lipinski definition) is 3. The highest BCUT2D eigenvalue weighted by Crippen LogP contribution is 2.28. The number of nitrogens with two attached hydrogens (primary N) is 1. The Morgan fingerprint density at radius 1 is 1.43 bits per heavy atom. The summed E-state index contributed by atoms with van der Waals surface area (Å²) in [5.41, 5.74) is 6.27. The second-order valence-corrected chi connectivity index (χ2v) is 3.96. The van der Waals surface area contributed by atoms with Gasteiger partial charge in [-0.15, -0.1) is 5.10 Å². The minimum atomic E-state index is 0.224. The van der Waals surface area contributed by atoms with Crippen LogP contribution >= 0.6 is 27.5 Å². The first kappa shape index (κ1) is 9.48. The van der Waals surface area contributed by atoms with Gasteiger partial charge in [-0.05, 0) is 34.1 Å². The molecule has 0 fully saturated rings. The van der Waals surface area contributed by atoms with E-state index in [0.717, 1.165) is 10.0 Å². The SMILES string of the molecule is Nc1n[nH]c(-c2ccc(Cl)cc2Br)n1. The molecule has 1 aromatic carbocycles. The van der Waals surface area contributed by atoms with Gasteiger partial charge in [0.05, 0.1) is 0 Å². The van der Waals surface area contributed by atoms with E-state index in [1.807, 2.05) is 6.07 Å². The van der Waals surface area contributed by atoms with E-state index in [2.05, 4.69) is 31.1 Å². The van der Waals surface area contributed by atoms with Gasteiger partial charge in [-0.25, -0.2) is 0 Å². The lowest BCUT2D eigenvalue weighted by Crippen LogP contribution is -1.86. The molecule has 0 bridgehead atoms. The van der Waals surface area contributed by atoms with E-state index >= 15 is 0 Å². The smallest absolute Gasteiger partial charge is 0.239 e. The molecule has 4 nitrogen and oxygen atoms in total. The van der Waals surface area contributed by atoms with Gasteiger partial charge in [0.25, 0.3) is 0 Å². The zero-order valence-electron chi connectivity index (χ0n) is 6.96. The predicted molar refractivity (Wildman–Crippen MR) is 58.9 cm³/mol. The molecule has 0 spiro atoms. The molecule has 0 aliphatic carbocycles. The molecule has 3 N–H and O–H groups in total. The van der Waals surface area contributed by atoms with Crippen molar-refractivity contribution in [1.82, 2.24) is 15.2 Å². The number of nitrogen functional groups attached to an aromatic ring is 1. The van der Waals surface area contributed by atoms with Gasteiger partial charge in [0.15, 0.2) is 5.82 Å². The average molecular weight is 274 g/mol. The fraction of sp³-hybridized carbons (Fsp3) is 0. The van der Waals surface area contributed by atoms with Gasteiger partial charge < -0.3 is 5.73 Å². The van der Waals surface area contributed by atoms with Crippen molar-refractivity contribution in [3.05, 3.63) is 27.7 Å². The molecule has 0 unspecified atom stereocenters. The van der Waals surface area contributed by atoms with E-state index in [1.165, 1.54) is 0 Å². The summed E-state index contributed by atoms with van der Waals surface area (Å²) in [6, 6.07) is 5.41. The molecule has 6 heteroatoms. The molecule has 0 radical (unpaired) electrons. The van der Waals surface area contributed by atoms with Crippen molar-refractivity contribution < 1.29 is 0 Å². The van der Waals surface area contributed by atoms with Crippen LogP contribution in [0.2, 0.25) is 5.02 Å². The molecule has 0 atom stereocenters. The number of nitrogens with zero attached hydrogens (tertiary/aromatic N) is 2. The van der Waals surface area contributed by atoms with Crippen LogP contribution in [0, 0.1) is 0 Å². The molecule has 0 amide bonds. The van der Waals surface area contributed by atoms with Crippen molar-refractivity contribution in [1.29, 1.82) is 0 Å². The molecule has 1 heterocycles. The van der Waals surface area contributed by atoms with Crippen LogP contribution in [0.15, 0.2) is 22.7 Å². The highest BCUT2D eigenvalue weighted by Gasteiger charge is 2.07. The van der Waals surface area contributed by atoms with E-state index in [1.54, 1.807) is 12.1 Å². The third-order valence-electron chi connectivity index (χ3n) is 1.69. The Kier molecular flexibility index (Phi) is 2.43. The second-order valence-electron chi connectivity index (χ2n) is 2.67. The molecule has 2 rings (SSSR count). The van der Waals surface area contributed by atoms with Crippen LogP contribution in [0.4, 0.5) is 5.95 Å². The fourth-order valence-electron chi connectivity index (χ4n) is 1.08. The summed E-state index contributed by atoms with van der Waals surface area (Å²) in [6.07, 6.45) is 0. The third kappa shape index (κ3) is 1.73. The summed E-state index contributed by atoms with van der Waals surface area (Å²) in [6.45, 7) is 0. The molecule has 0 saturated heterocycles. The number of H-pyrrole nitrogens is 1. The zero-order valence-corrected chi connectivity index (χ0v) is 9.30. The standard InChI is InChI=1S/C8H6BrClN4/c9-6-3-4(10)1-2-5(6)7-12-8(11)14-13-7/h1-3H,(H3,11,12,13,14). The molecule has 0 aliphatic heterocycles. The van der Waals surface area contributed by atoms with Crippen molar-refractivity contribution >= 4 is 33.5 Å². The lowest BCUT2D eigenvalue weighted by atomic mass is 10.2. The molecule has 0 saturated carbocycles. The molecular weight excluding hydrogens is 267 g/mol. The lowest BCUT2D eigenvalue weighted by molar-refractivity contribution is 1.10. The number of anilines is 1. The summed E-state index contributed by atoms with van der Waals surface area (Å²) in [5, 5.41) is 7.13. The van der Waals surface area contributed by atoms with Gasteiger partial charge in [0.2, 0.25) is 5.95 Å². The monoisotopic (exact) mass is 272 g/mol. The summed E-state index contributed by atoms with van der Waals surface area (Å²) < 4.78 is 0.848. The third-order valence-corrected chi connectivity index (χ3v) is 2.58. The second kappa shape index (κ2) is 3.59. The predicted octanol–water partition coefficient (Wildman–Crippen LogP) is 2.47. The van der Waals surface area contributed by atoms with E-state index in [9.17, 15) is 0 Å². The number of rotatable bonds is 1. The number of aromatic amines is 1. The number of benzene rings is 1. The van der Waals surface area contributed by atoms with Gasteiger partial charge in [-0.1, -0.05) is 11.6 Å². The average Bonchev–Trinajstić information content (AvgIpc) is 2.51. The van der Waals surface area contributed by atoms with Crippen LogP contribution < -0.4 is 5.73 Å². The topological polar surface area (TPSA) is 67.6 Å². The van der Waals surface area contributed by atoms with Gasteiger partial charge in [-0.3, -0.25) is 5.10 Å². The molecule has 1 aromatic heterocycles. The first-order valence-corrected chi connectivity index (χ1v) is 4.97. The van der Waals surface area contributed by atoms with Gasteiger partial charge in [0, 0.05) is 15.1 Å². The van der Waals surface area contributed by atoms with E-state index in [0.29, 0.717) is 10.8 Å². The quantitative estimate of drug-likeness (QED) is 0.839. The zero-order chi connectivity index (χ0) is 10.1. The van der Waals surface area contributed by atoms with Crippen molar-refractivity contribution in [3.8, 4) is 11.4 Å². The summed E-state index contributed by atoms with van der Waals surface area (Å²) in [5.74, 6) is 0.841. The number of hydrogen-bond donors (Lipinski definition) is 2. The lowest BCUT2D eigenvalue weighted by Gasteiger charge is -1.99. The minimum Gasteiger partial charge on any atom is -0.366 e. The van der Waals surface area contributed by atoms with Gasteiger partial charge in [-0.2, -0.15) is 4.98 Å². The van der Waals surface area contributed by atoms with Crippen molar-refractivity contribution in [3.63, 3.8) is 0 Å². The Hall–Kier alpha value is -1.07. The van der Waals surface area contributed by atoms with Crippen LogP contribution in [0.3, 0.4) is 0 Å². The van der Waals surface area contributed by atoms with Crippen LogP contribution in [-0.2, 0) is 0 Å². The van der Waals surface area contributed by atoms with Crippen molar-refractivity contribution in [2.45, 2.75) is 0 Å². The van der Waals surface area contributed by atoms with Crippen molar-refractivity contribution in [2.24, 2.45) is 0 Å². The maximum absolute atomic E-state index is 5.81. The number of nitrogens with one attached hydrogen (secondary N) is 1. The highest BCUT2D eigenvalue weighted by molar-refractivity contribution is 9.10. The van der Waals surface area contributed by atoms with Gasteiger partial charge >= 0.3 is 0 Å². The summed E-state index contributed by atoms with van der Waals surface area (Å²) in [4.78, 5) is 4.01. The van der Waals surface area contributed by atoms with Crippen LogP contribution in [0.1, 0.15) is 0 Å². The first-order chi connectivity index (χ1) is 6.66. The molecule has 72 valence electrons. The Balaban J connectivity index is 2.52. The minimum absolute atomic E-state index is 0.224. The van der Waals surface area contributed by atoms with Crippen LogP contribution in [-0.4, -0.2) is 15.2 Å². The summed E-state index contributed by atoms with van der Waals surface area (Å²) in [7, 11) is 0. The Labute approximate surface area is 93.6 Å². The Morgan fingerprint density at radius 2 is 2.21 bits per heavy atom. The van der Waals surface area contributed by atoms with Gasteiger partial charge in [0.1, 0.15) is 0 Å². The molecule has 2 aromatic rings. The Morgan fingerprint density at radius 3 is 2.79 bits per heavy atom. The molecular formula is C8H6BrClN4. The molecule has 0 aliphatic rings. The maximum Gasteiger partial charge on any atom is 0.239 e. The molecule has 14 heavy (non-hydrogen) atoms. The van der Waals surface area contributed by atoms with E-state index in [-0.39, 0.29) is 5.95 Å². The van der Waals surface area contributed by atoms with Crippen molar-refractivity contribution in [2.75, 3.05) is 5.73 Å². The fourth-order valence-corrected chi connectivity index (χ4v) is 1.95. The number of halogens is 2. The Bertz CT molecular complexity index is 468. The highest BCUT2D eigenvalue weighted by atomic mass is 79.9. The maximum atomic E-state index is 5.81. The number of aromatic nitrogens is 3. The normalized spacial score (nSPS) is 10.4. The summed E-state index contributed by atoms with van der Waals surface area (Å²) >= 11 is 9.19. The van der Waals surface area contributed by atoms with E-state index in [4.69, 9.17) is 17.3 Å².